The van der Waals surface area contributed by atoms with Gasteiger partial charge in [-0.3, -0.25) is 4.79 Å². The Hall–Kier alpha value is -2.39. The lowest BCUT2D eigenvalue weighted by molar-refractivity contribution is 0.0937. The third-order valence-corrected chi connectivity index (χ3v) is 2.34. The molecule has 0 heterocycles. The molecule has 0 fully saturated rings. The van der Waals surface area contributed by atoms with Crippen molar-refractivity contribution in [1.29, 1.82) is 0 Å². The highest BCUT2D eigenvalue weighted by Gasteiger charge is 2.30. The van der Waals surface area contributed by atoms with Crippen molar-refractivity contribution in [2.75, 3.05) is 0 Å². The van der Waals surface area contributed by atoms with Crippen LogP contribution in [0.5, 0.6) is 0 Å². The number of amides is 1. The molecule has 110 valence electrons. The Kier molecular flexibility index (Phi) is 4.48. The van der Waals surface area contributed by atoms with Crippen molar-refractivity contribution in [3.63, 3.8) is 0 Å². The molecule has 0 aliphatic rings. The van der Waals surface area contributed by atoms with Crippen molar-refractivity contribution in [2.45, 2.75) is 13.0 Å². The number of nitrogens with two attached hydrogens (primary N) is 1. The molecule has 1 aromatic carbocycles. The van der Waals surface area contributed by atoms with Crippen LogP contribution in [-0.2, 0) is 0 Å². The average Bonchev–Trinajstić information content (AvgIpc) is 2.42. The number of nitrogens with zero attached hydrogens (tertiary/aromatic N) is 1. The van der Waals surface area contributed by atoms with E-state index < -0.39 is 52.4 Å². The van der Waals surface area contributed by atoms with Gasteiger partial charge in [-0.2, -0.15) is 0 Å². The summed E-state index contributed by atoms with van der Waals surface area (Å²) in [6.45, 7) is 1.17. The second kappa shape index (κ2) is 5.72. The molecule has 0 bridgehead atoms. The number of carbonyl (C=O) groups is 1. The predicted octanol–water partition coefficient (Wildman–Crippen LogP) is 1.25. The number of hydrogen-bond donors (Lipinski definition) is 3. The van der Waals surface area contributed by atoms with Gasteiger partial charge in [-0.1, -0.05) is 5.16 Å². The van der Waals surface area contributed by atoms with Gasteiger partial charge in [-0.15, -0.1) is 0 Å². The second-order valence-corrected chi connectivity index (χ2v) is 3.66. The van der Waals surface area contributed by atoms with E-state index in [1.54, 1.807) is 0 Å². The number of amidine groups is 1. The Balaban J connectivity index is 3.24. The summed E-state index contributed by atoms with van der Waals surface area (Å²) in [5, 5.41) is 12.6. The standard InChI is InChI=1S/C10H8F5N3O2/c1-2(9(16)18-20)17-10(19)3-4(11)6(13)8(15)7(14)5(3)12/h2,20H,1H3,(H2,16,18)(H,17,19). The molecule has 0 aromatic heterocycles. The molecule has 20 heavy (non-hydrogen) atoms. The largest absolute Gasteiger partial charge is 0.409 e. The van der Waals surface area contributed by atoms with Crippen LogP contribution in [0.1, 0.15) is 17.3 Å². The molecular weight excluding hydrogens is 289 g/mol. The number of hydrogen-bond acceptors (Lipinski definition) is 3. The second-order valence-electron chi connectivity index (χ2n) is 3.66. The summed E-state index contributed by atoms with van der Waals surface area (Å²) >= 11 is 0. The van der Waals surface area contributed by atoms with Crippen LogP contribution < -0.4 is 11.1 Å². The van der Waals surface area contributed by atoms with Gasteiger partial charge in [0.05, 0.1) is 6.04 Å². The first kappa shape index (κ1) is 15.7. The molecule has 1 aromatic rings. The van der Waals surface area contributed by atoms with Crippen LogP contribution in [0.3, 0.4) is 0 Å². The third-order valence-electron chi connectivity index (χ3n) is 2.34. The van der Waals surface area contributed by atoms with Crippen LogP contribution in [0.25, 0.3) is 0 Å². The van der Waals surface area contributed by atoms with Gasteiger partial charge in [0.1, 0.15) is 5.56 Å². The molecule has 0 aliphatic carbocycles. The van der Waals surface area contributed by atoms with Crippen LogP contribution >= 0.6 is 0 Å². The zero-order valence-electron chi connectivity index (χ0n) is 9.85. The fourth-order valence-electron chi connectivity index (χ4n) is 1.23. The molecule has 0 saturated carbocycles. The molecule has 1 unspecified atom stereocenters. The number of halogens is 5. The number of carbonyl (C=O) groups excluding carboxylic acids is 1. The zero-order chi connectivity index (χ0) is 15.6. The molecule has 0 saturated heterocycles. The summed E-state index contributed by atoms with van der Waals surface area (Å²) in [5.74, 6) is -13.5. The molecule has 5 nitrogen and oxygen atoms in total. The Morgan fingerprint density at radius 3 is 1.90 bits per heavy atom. The van der Waals surface area contributed by atoms with Crippen molar-refractivity contribution in [2.24, 2.45) is 10.9 Å². The molecule has 0 aliphatic heterocycles. The van der Waals surface area contributed by atoms with Gasteiger partial charge in [0, 0.05) is 0 Å². The highest BCUT2D eigenvalue weighted by Crippen LogP contribution is 2.22. The van der Waals surface area contributed by atoms with Crippen molar-refractivity contribution >= 4 is 11.7 Å². The van der Waals surface area contributed by atoms with Crippen molar-refractivity contribution in [3.05, 3.63) is 34.6 Å². The van der Waals surface area contributed by atoms with Gasteiger partial charge in [0.25, 0.3) is 5.91 Å². The smallest absolute Gasteiger partial charge is 0.258 e. The fourth-order valence-corrected chi connectivity index (χ4v) is 1.23. The van der Waals surface area contributed by atoms with Gasteiger partial charge >= 0.3 is 0 Å². The normalized spacial score (nSPS) is 13.2. The van der Waals surface area contributed by atoms with Gasteiger partial charge in [0.15, 0.2) is 29.1 Å². The minimum absolute atomic E-state index is 0.526. The predicted molar refractivity (Wildman–Crippen MR) is 56.6 cm³/mol. The monoisotopic (exact) mass is 297 g/mol. The van der Waals surface area contributed by atoms with Crippen LogP contribution in [0.4, 0.5) is 22.0 Å². The number of rotatable bonds is 3. The fraction of sp³-hybridized carbons (Fsp3) is 0.200. The Labute approximate surface area is 108 Å². The molecule has 1 amide bonds. The van der Waals surface area contributed by atoms with E-state index in [0.717, 1.165) is 0 Å². The SMILES string of the molecule is CC(NC(=O)c1c(F)c(F)c(F)c(F)c1F)/C(N)=N/O. The maximum Gasteiger partial charge on any atom is 0.258 e. The van der Waals surface area contributed by atoms with Gasteiger partial charge in [-0.25, -0.2) is 22.0 Å². The van der Waals surface area contributed by atoms with E-state index in [1.165, 1.54) is 6.92 Å². The lowest BCUT2D eigenvalue weighted by Gasteiger charge is -2.13. The average molecular weight is 297 g/mol. The summed E-state index contributed by atoms with van der Waals surface area (Å²) in [6, 6.07) is -1.19. The van der Waals surface area contributed by atoms with Crippen LogP contribution in [0, 0.1) is 29.1 Å². The van der Waals surface area contributed by atoms with Crippen molar-refractivity contribution in [3.8, 4) is 0 Å². The summed E-state index contributed by atoms with van der Waals surface area (Å²) in [4.78, 5) is 11.5. The maximum atomic E-state index is 13.3. The molecule has 1 rings (SSSR count). The van der Waals surface area contributed by atoms with Crippen LogP contribution in [0.2, 0.25) is 0 Å². The molecule has 0 radical (unpaired) electrons. The third kappa shape index (κ3) is 2.63. The van der Waals surface area contributed by atoms with Gasteiger partial charge in [-0.05, 0) is 6.92 Å². The Morgan fingerprint density at radius 2 is 1.50 bits per heavy atom. The molecule has 4 N–H and O–H groups in total. The van der Waals surface area contributed by atoms with Crippen LogP contribution in [0.15, 0.2) is 5.16 Å². The molecule has 1 atom stereocenters. The van der Waals surface area contributed by atoms with E-state index in [1.807, 2.05) is 5.32 Å². The number of benzene rings is 1. The Morgan fingerprint density at radius 1 is 1.10 bits per heavy atom. The van der Waals surface area contributed by atoms with E-state index in [4.69, 9.17) is 10.9 Å². The summed E-state index contributed by atoms with van der Waals surface area (Å²) in [6.07, 6.45) is 0. The minimum Gasteiger partial charge on any atom is -0.409 e. The zero-order valence-corrected chi connectivity index (χ0v) is 9.85. The van der Waals surface area contributed by atoms with Gasteiger partial charge in [0.2, 0.25) is 5.82 Å². The first-order valence-corrected chi connectivity index (χ1v) is 5.02. The maximum absolute atomic E-state index is 13.3. The lowest BCUT2D eigenvalue weighted by atomic mass is 10.1. The molecule has 0 spiro atoms. The topological polar surface area (TPSA) is 87.7 Å². The van der Waals surface area contributed by atoms with E-state index >= 15 is 0 Å². The summed E-state index contributed by atoms with van der Waals surface area (Å²) in [7, 11) is 0. The first-order chi connectivity index (χ1) is 9.22. The number of nitrogens with one attached hydrogen (secondary N) is 1. The first-order valence-electron chi connectivity index (χ1n) is 5.02. The quantitative estimate of drug-likeness (QED) is 0.149. The highest BCUT2D eigenvalue weighted by atomic mass is 19.2. The highest BCUT2D eigenvalue weighted by molar-refractivity contribution is 5.98. The van der Waals surface area contributed by atoms with Crippen molar-refractivity contribution in [1.82, 2.24) is 5.32 Å². The Bertz CT molecular complexity index is 562. The summed E-state index contributed by atoms with van der Waals surface area (Å²) in [5.41, 5.74) is 3.44. The van der Waals surface area contributed by atoms with E-state index in [0.29, 0.717) is 0 Å². The van der Waals surface area contributed by atoms with Crippen molar-refractivity contribution < 1.29 is 32.0 Å². The lowest BCUT2D eigenvalue weighted by Crippen LogP contribution is -2.43. The van der Waals surface area contributed by atoms with Crippen LogP contribution in [-0.4, -0.2) is 23.0 Å². The van der Waals surface area contributed by atoms with E-state index in [2.05, 4.69) is 5.16 Å². The van der Waals surface area contributed by atoms with Gasteiger partial charge < -0.3 is 16.3 Å². The molecular formula is C10H8F5N3O2. The van der Waals surface area contributed by atoms with E-state index in [9.17, 15) is 26.7 Å². The number of oxime groups is 1. The summed E-state index contributed by atoms with van der Waals surface area (Å²) < 4.78 is 65.2. The molecule has 10 heteroatoms. The minimum atomic E-state index is -2.37. The van der Waals surface area contributed by atoms with E-state index in [-0.39, 0.29) is 0 Å².